The third kappa shape index (κ3) is 3.02. The van der Waals surface area contributed by atoms with Crippen LogP contribution in [-0.4, -0.2) is 4.57 Å². The molecule has 0 spiro atoms. The second kappa shape index (κ2) is 6.36. The monoisotopic (exact) mass is 378 g/mol. The van der Waals surface area contributed by atoms with Crippen molar-refractivity contribution in [3.05, 3.63) is 68.5 Å². The molecule has 0 atom stereocenters. The van der Waals surface area contributed by atoms with Gasteiger partial charge in [-0.15, -0.1) is 11.3 Å². The van der Waals surface area contributed by atoms with Crippen LogP contribution in [0.1, 0.15) is 18.9 Å². The maximum absolute atomic E-state index is 14.2. The lowest BCUT2D eigenvalue weighted by molar-refractivity contribution is 0.626. The van der Waals surface area contributed by atoms with Gasteiger partial charge in [0.1, 0.15) is 5.82 Å². The summed E-state index contributed by atoms with van der Waals surface area (Å²) in [6.07, 6.45) is 2.17. The molecule has 0 amide bonds. The number of aromatic nitrogens is 1. The zero-order valence-electron chi connectivity index (χ0n) is 12.5. The molecule has 2 aromatic carbocycles. The van der Waals surface area contributed by atoms with E-state index < -0.39 is 0 Å². The highest BCUT2D eigenvalue weighted by Crippen LogP contribution is 2.39. The number of nitrogens with zero attached hydrogens (tertiary/aromatic N) is 2. The molecule has 1 heterocycles. The van der Waals surface area contributed by atoms with E-state index in [1.807, 2.05) is 11.4 Å². The predicted molar refractivity (Wildman–Crippen MR) is 97.7 cm³/mol. The fourth-order valence-electron chi connectivity index (χ4n) is 2.63. The SMILES string of the molecule is Fc1ccccc1-c1csc(=Nc2ccc(Cl)cc2Cl)n1C1CC1. The molecule has 0 N–H and O–H groups in total. The third-order valence-corrected chi connectivity index (χ3v) is 5.31. The Bertz CT molecular complexity index is 973. The zero-order valence-corrected chi connectivity index (χ0v) is 14.9. The van der Waals surface area contributed by atoms with E-state index in [0.29, 0.717) is 27.3 Å². The van der Waals surface area contributed by atoms with Gasteiger partial charge in [-0.1, -0.05) is 35.3 Å². The van der Waals surface area contributed by atoms with E-state index in [-0.39, 0.29) is 5.82 Å². The number of benzene rings is 2. The molecule has 0 bridgehead atoms. The second-order valence-electron chi connectivity index (χ2n) is 5.69. The molecular weight excluding hydrogens is 366 g/mol. The Morgan fingerprint density at radius 1 is 1.12 bits per heavy atom. The lowest BCUT2D eigenvalue weighted by atomic mass is 10.1. The van der Waals surface area contributed by atoms with Crippen LogP contribution in [0.4, 0.5) is 10.1 Å². The van der Waals surface area contributed by atoms with E-state index in [1.54, 1.807) is 30.3 Å². The average Bonchev–Trinajstić information content (AvgIpc) is 3.31. The van der Waals surface area contributed by atoms with Crippen molar-refractivity contribution < 1.29 is 4.39 Å². The minimum atomic E-state index is -0.222. The minimum absolute atomic E-state index is 0.222. The fraction of sp³-hybridized carbons (Fsp3) is 0.167. The van der Waals surface area contributed by atoms with Crippen LogP contribution in [0.5, 0.6) is 0 Å². The van der Waals surface area contributed by atoms with Crippen LogP contribution in [0.3, 0.4) is 0 Å². The smallest absolute Gasteiger partial charge is 0.190 e. The first kappa shape index (κ1) is 15.9. The largest absolute Gasteiger partial charge is 0.313 e. The summed E-state index contributed by atoms with van der Waals surface area (Å²) in [5, 5.41) is 3.04. The summed E-state index contributed by atoms with van der Waals surface area (Å²) in [5.74, 6) is -0.222. The zero-order chi connectivity index (χ0) is 16.7. The molecule has 6 heteroatoms. The van der Waals surface area contributed by atoms with Crippen molar-refractivity contribution in [1.82, 2.24) is 4.57 Å². The molecule has 1 aliphatic carbocycles. The van der Waals surface area contributed by atoms with Crippen LogP contribution in [-0.2, 0) is 0 Å². The normalized spacial score (nSPS) is 15.0. The molecule has 0 radical (unpaired) electrons. The number of halogens is 3. The Balaban J connectivity index is 1.89. The van der Waals surface area contributed by atoms with Gasteiger partial charge >= 0.3 is 0 Å². The maximum Gasteiger partial charge on any atom is 0.190 e. The fourth-order valence-corrected chi connectivity index (χ4v) is 4.05. The van der Waals surface area contributed by atoms with E-state index in [2.05, 4.69) is 9.56 Å². The number of hydrogen-bond acceptors (Lipinski definition) is 2. The molecule has 1 saturated carbocycles. The Hall–Kier alpha value is -1.62. The summed E-state index contributed by atoms with van der Waals surface area (Å²) in [6.45, 7) is 0. The lowest BCUT2D eigenvalue weighted by Crippen LogP contribution is -2.14. The van der Waals surface area contributed by atoms with Crippen LogP contribution >= 0.6 is 34.5 Å². The van der Waals surface area contributed by atoms with Gasteiger partial charge in [-0.2, -0.15) is 0 Å². The summed E-state index contributed by atoms with van der Waals surface area (Å²) < 4.78 is 16.3. The molecule has 0 aliphatic heterocycles. The van der Waals surface area contributed by atoms with Crippen molar-refractivity contribution in [3.8, 4) is 11.3 Å². The highest BCUT2D eigenvalue weighted by Gasteiger charge is 2.28. The molecule has 1 aliphatic rings. The van der Waals surface area contributed by atoms with E-state index >= 15 is 0 Å². The van der Waals surface area contributed by atoms with Crippen molar-refractivity contribution in [1.29, 1.82) is 0 Å². The van der Waals surface area contributed by atoms with Gasteiger partial charge in [-0.25, -0.2) is 9.38 Å². The average molecular weight is 379 g/mol. The van der Waals surface area contributed by atoms with Gasteiger partial charge in [0.05, 0.1) is 16.4 Å². The molecule has 3 aromatic rings. The molecular formula is C18H13Cl2FN2S. The van der Waals surface area contributed by atoms with Crippen molar-refractivity contribution in [2.45, 2.75) is 18.9 Å². The quantitative estimate of drug-likeness (QED) is 0.513. The first-order valence-electron chi connectivity index (χ1n) is 7.58. The Morgan fingerprint density at radius 2 is 1.92 bits per heavy atom. The molecule has 4 rings (SSSR count). The number of thiazole rings is 1. The van der Waals surface area contributed by atoms with Crippen molar-refractivity contribution in [3.63, 3.8) is 0 Å². The highest BCUT2D eigenvalue weighted by atomic mass is 35.5. The van der Waals surface area contributed by atoms with Crippen molar-refractivity contribution in [2.24, 2.45) is 4.99 Å². The van der Waals surface area contributed by atoms with E-state index in [9.17, 15) is 4.39 Å². The summed E-state index contributed by atoms with van der Waals surface area (Å²) in [6, 6.07) is 12.4. The Kier molecular flexibility index (Phi) is 4.21. The summed E-state index contributed by atoms with van der Waals surface area (Å²) in [5.41, 5.74) is 2.13. The first-order valence-corrected chi connectivity index (χ1v) is 9.22. The van der Waals surface area contributed by atoms with Crippen LogP contribution in [0.25, 0.3) is 11.3 Å². The van der Waals surface area contributed by atoms with Gasteiger partial charge < -0.3 is 4.57 Å². The molecule has 1 aromatic heterocycles. The van der Waals surface area contributed by atoms with Gasteiger partial charge in [-0.05, 0) is 43.2 Å². The third-order valence-electron chi connectivity index (χ3n) is 3.93. The van der Waals surface area contributed by atoms with Crippen molar-refractivity contribution in [2.75, 3.05) is 0 Å². The lowest BCUT2D eigenvalue weighted by Gasteiger charge is -2.08. The molecule has 2 nitrogen and oxygen atoms in total. The summed E-state index contributed by atoms with van der Waals surface area (Å²) >= 11 is 13.7. The Labute approximate surface area is 152 Å². The van der Waals surface area contributed by atoms with Crippen LogP contribution in [0.2, 0.25) is 10.0 Å². The highest BCUT2D eigenvalue weighted by molar-refractivity contribution is 7.07. The van der Waals surface area contributed by atoms with E-state index in [0.717, 1.165) is 23.3 Å². The van der Waals surface area contributed by atoms with Crippen LogP contribution < -0.4 is 4.80 Å². The second-order valence-corrected chi connectivity index (χ2v) is 7.37. The molecule has 24 heavy (non-hydrogen) atoms. The van der Waals surface area contributed by atoms with Crippen LogP contribution in [0, 0.1) is 5.82 Å². The minimum Gasteiger partial charge on any atom is -0.313 e. The van der Waals surface area contributed by atoms with Crippen LogP contribution in [0.15, 0.2) is 52.8 Å². The Morgan fingerprint density at radius 3 is 2.62 bits per heavy atom. The molecule has 0 unspecified atom stereocenters. The van der Waals surface area contributed by atoms with E-state index in [1.165, 1.54) is 17.4 Å². The first-order chi connectivity index (χ1) is 11.6. The number of hydrogen-bond donors (Lipinski definition) is 0. The number of rotatable bonds is 3. The standard InChI is InChI=1S/C18H13Cl2FN2S/c19-11-5-8-16(14(20)9-11)22-18-23(12-6-7-12)17(10-24-18)13-3-1-2-4-15(13)21/h1-5,8-10,12H,6-7H2. The molecule has 0 saturated heterocycles. The van der Waals surface area contributed by atoms with Gasteiger partial charge in [0.25, 0.3) is 0 Å². The van der Waals surface area contributed by atoms with Gasteiger partial charge in [-0.3, -0.25) is 0 Å². The molecule has 122 valence electrons. The topological polar surface area (TPSA) is 17.3 Å². The van der Waals surface area contributed by atoms with Gasteiger partial charge in [0.15, 0.2) is 4.80 Å². The molecule has 1 fully saturated rings. The summed E-state index contributed by atoms with van der Waals surface area (Å²) in [4.78, 5) is 5.51. The van der Waals surface area contributed by atoms with Crippen molar-refractivity contribution >= 4 is 40.2 Å². The van der Waals surface area contributed by atoms with Gasteiger partial charge in [0, 0.05) is 22.0 Å². The van der Waals surface area contributed by atoms with Gasteiger partial charge in [0.2, 0.25) is 0 Å². The summed E-state index contributed by atoms with van der Waals surface area (Å²) in [7, 11) is 0. The maximum atomic E-state index is 14.2. The predicted octanol–water partition coefficient (Wildman–Crippen LogP) is 6.23. The van der Waals surface area contributed by atoms with E-state index in [4.69, 9.17) is 23.2 Å².